The van der Waals surface area contributed by atoms with Gasteiger partial charge in [-0.2, -0.15) is 5.10 Å². The minimum atomic E-state index is -0.658. The van der Waals surface area contributed by atoms with Gasteiger partial charge in [0.25, 0.3) is 5.91 Å². The summed E-state index contributed by atoms with van der Waals surface area (Å²) in [7, 11) is 0. The summed E-state index contributed by atoms with van der Waals surface area (Å²) in [5, 5.41) is 18.1. The third-order valence-corrected chi connectivity index (χ3v) is 4.80. The summed E-state index contributed by atoms with van der Waals surface area (Å²) >= 11 is 0. The lowest BCUT2D eigenvalue weighted by Crippen LogP contribution is -2.33. The SMILES string of the molecule is Cc1cc(C[C@@H]2CN(C(=O)c3cc4ccccc4oc3=O)C[C@H]2O)n[nH]1. The molecule has 7 heteroatoms. The van der Waals surface area contributed by atoms with E-state index in [0.717, 1.165) is 11.4 Å². The molecule has 2 atom stereocenters. The fourth-order valence-electron chi connectivity index (χ4n) is 3.45. The summed E-state index contributed by atoms with van der Waals surface area (Å²) in [5.41, 5.74) is 1.59. The molecule has 1 aliphatic heterocycles. The van der Waals surface area contributed by atoms with Crippen LogP contribution in [-0.4, -0.2) is 45.3 Å². The molecule has 1 amide bonds. The molecule has 1 aliphatic rings. The number of aryl methyl sites for hydroxylation is 1. The number of amides is 1. The zero-order chi connectivity index (χ0) is 18.3. The standard InChI is InChI=1S/C19H19N3O4/c1-11-6-14(21-20-11)7-13-9-22(10-16(13)23)18(24)15-8-12-4-2-3-5-17(12)26-19(15)25/h2-6,8,13,16,23H,7,9-10H2,1H3,(H,20,21)/t13-,16-/m1/s1. The van der Waals surface area contributed by atoms with E-state index in [4.69, 9.17) is 4.42 Å². The van der Waals surface area contributed by atoms with E-state index >= 15 is 0 Å². The Morgan fingerprint density at radius 3 is 2.92 bits per heavy atom. The number of likely N-dealkylation sites (tertiary alicyclic amines) is 1. The Morgan fingerprint density at radius 1 is 1.35 bits per heavy atom. The van der Waals surface area contributed by atoms with Gasteiger partial charge in [-0.15, -0.1) is 0 Å². The summed E-state index contributed by atoms with van der Waals surface area (Å²) in [6.45, 7) is 2.48. The highest BCUT2D eigenvalue weighted by atomic mass is 16.4. The molecule has 0 bridgehead atoms. The number of aromatic nitrogens is 2. The van der Waals surface area contributed by atoms with E-state index in [2.05, 4.69) is 10.2 Å². The van der Waals surface area contributed by atoms with Crippen molar-refractivity contribution in [1.29, 1.82) is 0 Å². The van der Waals surface area contributed by atoms with Crippen LogP contribution in [0.5, 0.6) is 0 Å². The highest BCUT2D eigenvalue weighted by Crippen LogP contribution is 2.23. The van der Waals surface area contributed by atoms with Crippen molar-refractivity contribution in [2.24, 2.45) is 5.92 Å². The second-order valence-corrected chi connectivity index (χ2v) is 6.77. The Balaban J connectivity index is 1.55. The number of nitrogens with one attached hydrogen (secondary N) is 1. The van der Waals surface area contributed by atoms with Crippen molar-refractivity contribution in [2.75, 3.05) is 13.1 Å². The molecule has 2 N–H and O–H groups in total. The van der Waals surface area contributed by atoms with Crippen molar-refractivity contribution in [3.63, 3.8) is 0 Å². The summed E-state index contributed by atoms with van der Waals surface area (Å²) in [6.07, 6.45) is -0.0785. The Morgan fingerprint density at radius 2 is 2.15 bits per heavy atom. The van der Waals surface area contributed by atoms with Gasteiger partial charge in [-0.1, -0.05) is 18.2 Å². The topological polar surface area (TPSA) is 99.4 Å². The van der Waals surface area contributed by atoms with Crippen LogP contribution < -0.4 is 5.63 Å². The largest absolute Gasteiger partial charge is 0.422 e. The first kappa shape index (κ1) is 16.5. The lowest BCUT2D eigenvalue weighted by atomic mass is 10.0. The zero-order valence-electron chi connectivity index (χ0n) is 14.3. The summed E-state index contributed by atoms with van der Waals surface area (Å²) in [5.74, 6) is -0.529. The zero-order valence-corrected chi connectivity index (χ0v) is 14.3. The third-order valence-electron chi connectivity index (χ3n) is 4.80. The van der Waals surface area contributed by atoms with Gasteiger partial charge in [-0.3, -0.25) is 9.89 Å². The predicted molar refractivity (Wildman–Crippen MR) is 94.9 cm³/mol. The van der Waals surface area contributed by atoms with Gasteiger partial charge in [0, 0.05) is 30.1 Å². The van der Waals surface area contributed by atoms with Crippen molar-refractivity contribution in [2.45, 2.75) is 19.4 Å². The first-order valence-corrected chi connectivity index (χ1v) is 8.52. The molecule has 2 aromatic heterocycles. The molecular weight excluding hydrogens is 334 g/mol. The summed E-state index contributed by atoms with van der Waals surface area (Å²) in [6, 6.07) is 10.5. The molecule has 4 rings (SSSR count). The molecule has 0 spiro atoms. The van der Waals surface area contributed by atoms with E-state index in [9.17, 15) is 14.7 Å². The smallest absolute Gasteiger partial charge is 0.349 e. The number of hydrogen-bond acceptors (Lipinski definition) is 5. The first-order valence-electron chi connectivity index (χ1n) is 8.52. The van der Waals surface area contributed by atoms with Crippen molar-refractivity contribution in [3.8, 4) is 0 Å². The average Bonchev–Trinajstić information content (AvgIpc) is 3.20. The average molecular weight is 353 g/mol. The number of aromatic amines is 1. The van der Waals surface area contributed by atoms with Crippen molar-refractivity contribution in [3.05, 3.63) is 63.8 Å². The van der Waals surface area contributed by atoms with Crippen LogP contribution in [0.25, 0.3) is 11.0 Å². The number of H-pyrrole nitrogens is 1. The molecule has 0 saturated carbocycles. The second kappa shape index (κ2) is 6.42. The number of nitrogens with zero attached hydrogens (tertiary/aromatic N) is 2. The van der Waals surface area contributed by atoms with E-state index in [-0.39, 0.29) is 18.0 Å². The van der Waals surface area contributed by atoms with Crippen LogP contribution in [0.15, 0.2) is 45.6 Å². The first-order chi connectivity index (χ1) is 12.5. The monoisotopic (exact) mass is 353 g/mol. The Hall–Kier alpha value is -2.93. The fourth-order valence-corrected chi connectivity index (χ4v) is 3.45. The number of carbonyl (C=O) groups is 1. The molecule has 3 heterocycles. The van der Waals surface area contributed by atoms with E-state index in [1.165, 1.54) is 4.90 Å². The van der Waals surface area contributed by atoms with E-state index in [1.54, 1.807) is 24.3 Å². The molecular formula is C19H19N3O4. The van der Waals surface area contributed by atoms with Gasteiger partial charge in [-0.05, 0) is 31.5 Å². The Bertz CT molecular complexity index is 1020. The number of rotatable bonds is 3. The van der Waals surface area contributed by atoms with Gasteiger partial charge in [0.2, 0.25) is 0 Å². The molecule has 7 nitrogen and oxygen atoms in total. The summed E-state index contributed by atoms with van der Waals surface area (Å²) < 4.78 is 5.25. The van der Waals surface area contributed by atoms with Crippen LogP contribution in [0, 0.1) is 12.8 Å². The van der Waals surface area contributed by atoms with Gasteiger partial charge in [0.05, 0.1) is 11.8 Å². The van der Waals surface area contributed by atoms with Crippen LogP contribution in [0.1, 0.15) is 21.7 Å². The van der Waals surface area contributed by atoms with Crippen LogP contribution in [0.4, 0.5) is 0 Å². The maximum Gasteiger partial charge on any atom is 0.349 e. The van der Waals surface area contributed by atoms with Crippen LogP contribution >= 0.6 is 0 Å². The highest BCUT2D eigenvalue weighted by molar-refractivity contribution is 5.96. The maximum absolute atomic E-state index is 12.8. The van der Waals surface area contributed by atoms with Crippen LogP contribution in [-0.2, 0) is 6.42 Å². The van der Waals surface area contributed by atoms with Crippen molar-refractivity contribution < 1.29 is 14.3 Å². The number of β-amino-alcohol motifs (C(OH)–C–C–N with tert-alkyl or cyclic N) is 1. The number of benzene rings is 1. The van der Waals surface area contributed by atoms with E-state index in [0.29, 0.717) is 23.9 Å². The predicted octanol–water partition coefficient (Wildman–Crippen LogP) is 1.50. The third kappa shape index (κ3) is 3.01. The van der Waals surface area contributed by atoms with Gasteiger partial charge in [-0.25, -0.2) is 4.79 Å². The minimum Gasteiger partial charge on any atom is -0.422 e. The number of carbonyl (C=O) groups excluding carboxylic acids is 1. The maximum atomic E-state index is 12.8. The lowest BCUT2D eigenvalue weighted by molar-refractivity contribution is 0.0760. The number of aliphatic hydroxyl groups excluding tert-OH is 1. The van der Waals surface area contributed by atoms with Gasteiger partial charge in [0.15, 0.2) is 0 Å². The number of fused-ring (bicyclic) bond motifs is 1. The van der Waals surface area contributed by atoms with Crippen molar-refractivity contribution in [1.82, 2.24) is 15.1 Å². The molecule has 0 unspecified atom stereocenters. The molecule has 1 fully saturated rings. The van der Waals surface area contributed by atoms with Crippen LogP contribution in [0.3, 0.4) is 0 Å². The number of para-hydroxylation sites is 1. The quantitative estimate of drug-likeness (QED) is 0.695. The van der Waals surface area contributed by atoms with E-state index in [1.807, 2.05) is 19.1 Å². The normalized spacial score (nSPS) is 20.0. The molecule has 0 radical (unpaired) electrons. The molecule has 0 aliphatic carbocycles. The van der Waals surface area contributed by atoms with E-state index < -0.39 is 17.6 Å². The number of hydrogen-bond donors (Lipinski definition) is 2. The van der Waals surface area contributed by atoms with Gasteiger partial charge in [0.1, 0.15) is 11.1 Å². The molecule has 1 saturated heterocycles. The molecule has 26 heavy (non-hydrogen) atoms. The number of aliphatic hydroxyl groups is 1. The second-order valence-electron chi connectivity index (χ2n) is 6.77. The van der Waals surface area contributed by atoms with Gasteiger partial charge >= 0.3 is 5.63 Å². The fraction of sp³-hybridized carbons (Fsp3) is 0.316. The molecule has 134 valence electrons. The minimum absolute atomic E-state index is 0.00726. The molecule has 1 aromatic carbocycles. The summed E-state index contributed by atoms with van der Waals surface area (Å²) in [4.78, 5) is 26.5. The van der Waals surface area contributed by atoms with Gasteiger partial charge < -0.3 is 14.4 Å². The highest BCUT2D eigenvalue weighted by Gasteiger charge is 2.35. The van der Waals surface area contributed by atoms with Crippen LogP contribution in [0.2, 0.25) is 0 Å². The van der Waals surface area contributed by atoms with Crippen molar-refractivity contribution >= 4 is 16.9 Å². The Labute approximate surface area is 149 Å². The Kier molecular flexibility index (Phi) is 4.08. The molecule has 3 aromatic rings. The lowest BCUT2D eigenvalue weighted by Gasteiger charge is -2.15.